The van der Waals surface area contributed by atoms with Crippen molar-refractivity contribution in [2.45, 2.75) is 33.2 Å². The second-order valence-corrected chi connectivity index (χ2v) is 6.94. The zero-order valence-corrected chi connectivity index (χ0v) is 15.4. The molecule has 1 fully saturated rings. The summed E-state index contributed by atoms with van der Waals surface area (Å²) in [5.41, 5.74) is 1.88. The Morgan fingerprint density at radius 3 is 2.40 bits per heavy atom. The third kappa shape index (κ3) is 5.46. The molecule has 1 aliphatic heterocycles. The number of rotatable bonds is 6. The van der Waals surface area contributed by atoms with E-state index in [1.807, 2.05) is 38.1 Å². The van der Waals surface area contributed by atoms with Crippen molar-refractivity contribution in [2.24, 2.45) is 5.41 Å². The summed E-state index contributed by atoms with van der Waals surface area (Å²) in [5, 5.41) is 5.86. The summed E-state index contributed by atoms with van der Waals surface area (Å²) in [6.07, 6.45) is 1.34. The highest BCUT2D eigenvalue weighted by molar-refractivity contribution is 5.83. The van der Waals surface area contributed by atoms with E-state index in [-0.39, 0.29) is 11.9 Å². The molecule has 0 radical (unpaired) electrons. The highest BCUT2D eigenvalue weighted by atomic mass is 16.5. The van der Waals surface area contributed by atoms with Crippen LogP contribution in [0.5, 0.6) is 0 Å². The molecule has 0 spiro atoms. The zero-order valence-electron chi connectivity index (χ0n) is 15.4. The third-order valence-corrected chi connectivity index (χ3v) is 4.86. The molecule has 138 valence electrons. The molecule has 2 rings (SSSR count). The van der Waals surface area contributed by atoms with Crippen LogP contribution in [0.2, 0.25) is 0 Å². The van der Waals surface area contributed by atoms with Crippen LogP contribution in [0.15, 0.2) is 24.3 Å². The number of hydrogen-bond acceptors (Lipinski definition) is 3. The van der Waals surface area contributed by atoms with E-state index in [0.29, 0.717) is 45.6 Å². The Morgan fingerprint density at radius 2 is 1.80 bits per heavy atom. The molecular weight excluding hydrogens is 318 g/mol. The lowest BCUT2D eigenvalue weighted by Crippen LogP contribution is -2.51. The van der Waals surface area contributed by atoms with Crippen LogP contribution >= 0.6 is 0 Å². The maximum Gasteiger partial charge on any atom is 0.317 e. The van der Waals surface area contributed by atoms with Crippen LogP contribution in [-0.4, -0.2) is 50.2 Å². The molecule has 1 aromatic rings. The van der Waals surface area contributed by atoms with Gasteiger partial charge in [0.15, 0.2) is 0 Å². The van der Waals surface area contributed by atoms with Gasteiger partial charge in [-0.1, -0.05) is 36.8 Å². The van der Waals surface area contributed by atoms with Gasteiger partial charge >= 0.3 is 6.03 Å². The van der Waals surface area contributed by atoms with E-state index in [1.165, 1.54) is 5.56 Å². The molecule has 0 saturated carbocycles. The Bertz CT molecular complexity index is 578. The Hall–Kier alpha value is -2.08. The first-order chi connectivity index (χ1) is 11.9. The number of methoxy groups -OCH3 is 1. The molecule has 1 aromatic carbocycles. The van der Waals surface area contributed by atoms with Gasteiger partial charge in [-0.3, -0.25) is 4.79 Å². The molecule has 2 N–H and O–H groups in total. The minimum Gasteiger partial charge on any atom is -0.383 e. The molecule has 3 amide bonds. The predicted molar refractivity (Wildman–Crippen MR) is 97.2 cm³/mol. The number of nitrogens with zero attached hydrogens (tertiary/aromatic N) is 1. The number of benzene rings is 1. The predicted octanol–water partition coefficient (Wildman–Crippen LogP) is 2.07. The monoisotopic (exact) mass is 347 g/mol. The number of ether oxygens (including phenoxy) is 1. The lowest BCUT2D eigenvalue weighted by molar-refractivity contribution is -0.132. The molecule has 0 aliphatic carbocycles. The van der Waals surface area contributed by atoms with Crippen LogP contribution in [0, 0.1) is 12.3 Å². The van der Waals surface area contributed by atoms with E-state index in [9.17, 15) is 9.59 Å². The lowest BCUT2D eigenvalue weighted by Gasteiger charge is -2.38. The average Bonchev–Trinajstić information content (AvgIpc) is 2.61. The molecular formula is C19H29N3O3. The quantitative estimate of drug-likeness (QED) is 0.774. The minimum absolute atomic E-state index is 0.0625. The van der Waals surface area contributed by atoms with Gasteiger partial charge in [-0.2, -0.15) is 0 Å². The van der Waals surface area contributed by atoms with Crippen LogP contribution in [0.3, 0.4) is 0 Å². The standard InChI is InChI=1S/C19H29N3O3/c1-15-4-6-16(7-5-15)14-21-17(23)19(2)8-11-22(12-9-19)18(24)20-10-13-25-3/h4-7H,8-14H2,1-3H3,(H,20,24)(H,21,23). The number of carbonyl (C=O) groups excluding carboxylic acids is 2. The van der Waals surface area contributed by atoms with Crippen molar-refractivity contribution in [3.63, 3.8) is 0 Å². The largest absolute Gasteiger partial charge is 0.383 e. The molecule has 6 heteroatoms. The maximum atomic E-state index is 12.6. The molecule has 0 atom stereocenters. The van der Waals surface area contributed by atoms with E-state index in [4.69, 9.17) is 4.74 Å². The highest BCUT2D eigenvalue weighted by Gasteiger charge is 2.37. The van der Waals surface area contributed by atoms with Crippen LogP contribution in [0.25, 0.3) is 0 Å². The minimum atomic E-state index is -0.423. The molecule has 1 aliphatic rings. The van der Waals surface area contributed by atoms with Gasteiger partial charge in [0.05, 0.1) is 6.61 Å². The van der Waals surface area contributed by atoms with Crippen LogP contribution < -0.4 is 10.6 Å². The van der Waals surface area contributed by atoms with Gasteiger partial charge in [-0.05, 0) is 25.3 Å². The summed E-state index contributed by atoms with van der Waals surface area (Å²) in [7, 11) is 1.60. The van der Waals surface area contributed by atoms with Crippen LogP contribution in [0.4, 0.5) is 4.79 Å². The van der Waals surface area contributed by atoms with E-state index < -0.39 is 5.41 Å². The van der Waals surface area contributed by atoms with E-state index in [1.54, 1.807) is 12.0 Å². The van der Waals surface area contributed by atoms with Crippen molar-refractivity contribution in [1.29, 1.82) is 0 Å². The van der Waals surface area contributed by atoms with E-state index in [2.05, 4.69) is 10.6 Å². The van der Waals surface area contributed by atoms with E-state index >= 15 is 0 Å². The molecule has 0 aromatic heterocycles. The SMILES string of the molecule is COCCNC(=O)N1CCC(C)(C(=O)NCc2ccc(C)cc2)CC1. The molecule has 0 bridgehead atoms. The van der Waals surface area contributed by atoms with Crippen LogP contribution in [0.1, 0.15) is 30.9 Å². The summed E-state index contributed by atoms with van der Waals surface area (Å²) in [6.45, 7) is 6.75. The van der Waals surface area contributed by atoms with Crippen molar-refractivity contribution < 1.29 is 14.3 Å². The van der Waals surface area contributed by atoms with Crippen molar-refractivity contribution >= 4 is 11.9 Å². The fourth-order valence-electron chi connectivity index (χ4n) is 2.90. The second-order valence-electron chi connectivity index (χ2n) is 6.94. The summed E-state index contributed by atoms with van der Waals surface area (Å²) in [4.78, 5) is 26.4. The Kier molecular flexibility index (Phi) is 6.82. The number of carbonyl (C=O) groups is 2. The summed E-state index contributed by atoms with van der Waals surface area (Å²) >= 11 is 0. The molecule has 6 nitrogen and oxygen atoms in total. The Morgan fingerprint density at radius 1 is 1.16 bits per heavy atom. The smallest absolute Gasteiger partial charge is 0.317 e. The van der Waals surface area contributed by atoms with Crippen molar-refractivity contribution in [1.82, 2.24) is 15.5 Å². The lowest BCUT2D eigenvalue weighted by atomic mass is 9.79. The summed E-state index contributed by atoms with van der Waals surface area (Å²) in [6, 6.07) is 8.07. The normalized spacial score (nSPS) is 16.4. The Balaban J connectivity index is 1.79. The van der Waals surface area contributed by atoms with Gasteiger partial charge in [-0.25, -0.2) is 4.79 Å². The topological polar surface area (TPSA) is 70.7 Å². The second kappa shape index (κ2) is 8.85. The average molecular weight is 347 g/mol. The summed E-state index contributed by atoms with van der Waals surface area (Å²) < 4.78 is 4.93. The number of urea groups is 1. The van der Waals surface area contributed by atoms with Gasteiger partial charge in [0.2, 0.25) is 5.91 Å². The molecule has 1 heterocycles. The van der Waals surface area contributed by atoms with Crippen LogP contribution in [-0.2, 0) is 16.1 Å². The Labute approximate surface area is 149 Å². The van der Waals surface area contributed by atoms with Gasteiger partial charge in [0.25, 0.3) is 0 Å². The van der Waals surface area contributed by atoms with Gasteiger partial charge < -0.3 is 20.3 Å². The summed E-state index contributed by atoms with van der Waals surface area (Å²) in [5.74, 6) is 0.0625. The fourth-order valence-corrected chi connectivity index (χ4v) is 2.90. The number of amides is 3. The third-order valence-electron chi connectivity index (χ3n) is 4.86. The van der Waals surface area contributed by atoms with Gasteiger partial charge in [0, 0.05) is 38.7 Å². The van der Waals surface area contributed by atoms with Gasteiger partial charge in [0.1, 0.15) is 0 Å². The van der Waals surface area contributed by atoms with Crippen molar-refractivity contribution in [3.05, 3.63) is 35.4 Å². The molecule has 25 heavy (non-hydrogen) atoms. The number of hydrogen-bond donors (Lipinski definition) is 2. The number of likely N-dealkylation sites (tertiary alicyclic amines) is 1. The first-order valence-corrected chi connectivity index (χ1v) is 8.80. The highest BCUT2D eigenvalue weighted by Crippen LogP contribution is 2.31. The first kappa shape index (κ1) is 19.2. The number of aryl methyl sites for hydroxylation is 1. The van der Waals surface area contributed by atoms with E-state index in [0.717, 1.165) is 5.56 Å². The van der Waals surface area contributed by atoms with Crippen molar-refractivity contribution in [3.8, 4) is 0 Å². The number of nitrogens with one attached hydrogen (secondary N) is 2. The number of piperidine rings is 1. The molecule has 0 unspecified atom stereocenters. The zero-order chi connectivity index (χ0) is 18.3. The maximum absolute atomic E-state index is 12.6. The van der Waals surface area contributed by atoms with Crippen molar-refractivity contribution in [2.75, 3.05) is 33.4 Å². The fraction of sp³-hybridized carbons (Fsp3) is 0.579. The molecule has 1 saturated heterocycles. The van der Waals surface area contributed by atoms with Gasteiger partial charge in [-0.15, -0.1) is 0 Å². The first-order valence-electron chi connectivity index (χ1n) is 8.80.